The molecule has 1 aliphatic heterocycles. The zero-order valence-electron chi connectivity index (χ0n) is 14.7. The van der Waals surface area contributed by atoms with Crippen LogP contribution in [0.15, 0.2) is 60.1 Å². The van der Waals surface area contributed by atoms with Crippen LogP contribution in [0.1, 0.15) is 16.1 Å². The summed E-state index contributed by atoms with van der Waals surface area (Å²) >= 11 is 1.42. The standard InChI is InChI=1S/C21H15N3O3S/c25-20(23-10-14-7-8-22-16-4-2-1-3-15(14)16)17-11-28-21(24-17)13-5-6-18-19(9-13)27-12-26-18/h1-9,11H,10,12H2,(H,23,25). The van der Waals surface area contributed by atoms with Crippen molar-refractivity contribution >= 4 is 28.1 Å². The van der Waals surface area contributed by atoms with E-state index in [2.05, 4.69) is 15.3 Å². The minimum Gasteiger partial charge on any atom is -0.454 e. The van der Waals surface area contributed by atoms with Gasteiger partial charge in [0.05, 0.1) is 5.52 Å². The molecule has 0 atom stereocenters. The molecule has 7 heteroatoms. The topological polar surface area (TPSA) is 73.3 Å². The van der Waals surface area contributed by atoms with E-state index in [1.165, 1.54) is 11.3 Å². The molecule has 0 radical (unpaired) electrons. The number of amides is 1. The number of carbonyl (C=O) groups is 1. The minimum absolute atomic E-state index is 0.205. The molecule has 3 heterocycles. The van der Waals surface area contributed by atoms with Crippen molar-refractivity contribution < 1.29 is 14.3 Å². The fourth-order valence-electron chi connectivity index (χ4n) is 3.12. The Hall–Kier alpha value is -3.45. The SMILES string of the molecule is O=C(NCc1ccnc2ccccc12)c1csc(-c2ccc3c(c2)OCO3)n1. The lowest BCUT2D eigenvalue weighted by Crippen LogP contribution is -2.23. The molecule has 1 amide bonds. The van der Waals surface area contributed by atoms with E-state index < -0.39 is 0 Å². The first-order valence-electron chi connectivity index (χ1n) is 8.74. The normalized spacial score (nSPS) is 12.3. The maximum atomic E-state index is 12.6. The number of thiazole rings is 1. The van der Waals surface area contributed by atoms with Crippen LogP contribution in [0.25, 0.3) is 21.5 Å². The van der Waals surface area contributed by atoms with Crippen molar-refractivity contribution in [2.45, 2.75) is 6.54 Å². The number of ether oxygens (including phenoxy) is 2. The lowest BCUT2D eigenvalue weighted by Gasteiger charge is -2.07. The predicted octanol–water partition coefficient (Wildman–Crippen LogP) is 4.02. The summed E-state index contributed by atoms with van der Waals surface area (Å²) in [6.45, 7) is 0.646. The fourth-order valence-corrected chi connectivity index (χ4v) is 3.91. The number of rotatable bonds is 4. The zero-order valence-corrected chi connectivity index (χ0v) is 15.5. The van der Waals surface area contributed by atoms with Crippen LogP contribution in [0.4, 0.5) is 0 Å². The van der Waals surface area contributed by atoms with Gasteiger partial charge < -0.3 is 14.8 Å². The van der Waals surface area contributed by atoms with Gasteiger partial charge in [-0.3, -0.25) is 9.78 Å². The second-order valence-corrected chi connectivity index (χ2v) is 7.13. The van der Waals surface area contributed by atoms with E-state index in [0.29, 0.717) is 18.0 Å². The third kappa shape index (κ3) is 3.05. The van der Waals surface area contributed by atoms with Gasteiger partial charge in [0.15, 0.2) is 11.5 Å². The monoisotopic (exact) mass is 389 g/mol. The number of hydrogen-bond donors (Lipinski definition) is 1. The van der Waals surface area contributed by atoms with Crippen molar-refractivity contribution in [1.29, 1.82) is 0 Å². The second-order valence-electron chi connectivity index (χ2n) is 6.28. The molecular formula is C21H15N3O3S. The van der Waals surface area contributed by atoms with Crippen molar-refractivity contribution in [3.63, 3.8) is 0 Å². The number of aromatic nitrogens is 2. The summed E-state index contributed by atoms with van der Waals surface area (Å²) in [7, 11) is 0. The highest BCUT2D eigenvalue weighted by Gasteiger charge is 2.17. The summed E-state index contributed by atoms with van der Waals surface area (Å²) in [6.07, 6.45) is 1.75. The van der Waals surface area contributed by atoms with Crippen molar-refractivity contribution in [3.05, 3.63) is 71.4 Å². The van der Waals surface area contributed by atoms with E-state index in [4.69, 9.17) is 9.47 Å². The van der Waals surface area contributed by atoms with Gasteiger partial charge in [0.1, 0.15) is 10.7 Å². The molecule has 5 rings (SSSR count). The van der Waals surface area contributed by atoms with Crippen molar-refractivity contribution in [2.75, 3.05) is 6.79 Å². The summed E-state index contributed by atoms with van der Waals surface area (Å²) in [5.41, 5.74) is 3.22. The molecule has 0 saturated carbocycles. The van der Waals surface area contributed by atoms with Crippen LogP contribution in [0.2, 0.25) is 0 Å². The van der Waals surface area contributed by atoms with Crippen LogP contribution in [0, 0.1) is 0 Å². The van der Waals surface area contributed by atoms with Crippen LogP contribution >= 0.6 is 11.3 Å². The molecule has 1 N–H and O–H groups in total. The molecule has 0 saturated heterocycles. The first kappa shape index (κ1) is 16.7. The van der Waals surface area contributed by atoms with Gasteiger partial charge in [-0.15, -0.1) is 11.3 Å². The molecular weight excluding hydrogens is 374 g/mol. The molecule has 2 aromatic heterocycles. The van der Waals surface area contributed by atoms with Gasteiger partial charge in [0.25, 0.3) is 5.91 Å². The number of para-hydroxylation sites is 1. The lowest BCUT2D eigenvalue weighted by atomic mass is 10.1. The van der Waals surface area contributed by atoms with E-state index in [-0.39, 0.29) is 12.7 Å². The van der Waals surface area contributed by atoms with E-state index >= 15 is 0 Å². The van der Waals surface area contributed by atoms with Crippen molar-refractivity contribution in [1.82, 2.24) is 15.3 Å². The summed E-state index contributed by atoms with van der Waals surface area (Å²) in [4.78, 5) is 21.4. The summed E-state index contributed by atoms with van der Waals surface area (Å²) in [6, 6.07) is 15.4. The highest BCUT2D eigenvalue weighted by atomic mass is 32.1. The maximum absolute atomic E-state index is 12.6. The average molecular weight is 389 g/mol. The Kier molecular flexibility index (Phi) is 4.14. The molecule has 6 nitrogen and oxygen atoms in total. The molecule has 0 spiro atoms. The van der Waals surface area contributed by atoms with E-state index in [1.54, 1.807) is 11.6 Å². The Morgan fingerprint density at radius 3 is 2.96 bits per heavy atom. The molecule has 1 aliphatic rings. The molecule has 0 aliphatic carbocycles. The number of pyridine rings is 1. The van der Waals surface area contributed by atoms with Crippen LogP contribution in [0.3, 0.4) is 0 Å². The molecule has 0 bridgehead atoms. The highest BCUT2D eigenvalue weighted by Crippen LogP contribution is 2.36. The third-order valence-corrected chi connectivity index (χ3v) is 5.43. The number of carbonyl (C=O) groups excluding carboxylic acids is 1. The maximum Gasteiger partial charge on any atom is 0.271 e. The Labute approximate surface area is 164 Å². The average Bonchev–Trinajstić information content (AvgIpc) is 3.41. The molecule has 28 heavy (non-hydrogen) atoms. The predicted molar refractivity (Wildman–Crippen MR) is 107 cm³/mol. The van der Waals surface area contributed by atoms with E-state index in [0.717, 1.165) is 32.8 Å². The summed E-state index contributed by atoms with van der Waals surface area (Å²) in [5.74, 6) is 1.22. The Bertz CT molecular complexity index is 1180. The molecule has 2 aromatic carbocycles. The molecule has 4 aromatic rings. The number of fused-ring (bicyclic) bond motifs is 2. The quantitative estimate of drug-likeness (QED) is 0.571. The van der Waals surface area contributed by atoms with Gasteiger partial charge in [-0.25, -0.2) is 4.98 Å². The molecule has 0 fully saturated rings. The largest absolute Gasteiger partial charge is 0.454 e. The van der Waals surface area contributed by atoms with E-state index in [9.17, 15) is 4.79 Å². The number of nitrogens with one attached hydrogen (secondary N) is 1. The zero-order chi connectivity index (χ0) is 18.9. The van der Waals surface area contributed by atoms with Gasteiger partial charge >= 0.3 is 0 Å². The minimum atomic E-state index is -0.205. The summed E-state index contributed by atoms with van der Waals surface area (Å²) in [5, 5.41) is 6.50. The fraction of sp³-hybridized carbons (Fsp3) is 0.0952. The van der Waals surface area contributed by atoms with Gasteiger partial charge in [-0.05, 0) is 35.9 Å². The number of hydrogen-bond acceptors (Lipinski definition) is 6. The van der Waals surface area contributed by atoms with Gasteiger partial charge in [-0.1, -0.05) is 18.2 Å². The third-order valence-electron chi connectivity index (χ3n) is 4.54. The lowest BCUT2D eigenvalue weighted by molar-refractivity contribution is 0.0947. The summed E-state index contributed by atoms with van der Waals surface area (Å²) < 4.78 is 10.7. The smallest absolute Gasteiger partial charge is 0.271 e. The van der Waals surface area contributed by atoms with Crippen LogP contribution < -0.4 is 14.8 Å². The highest BCUT2D eigenvalue weighted by molar-refractivity contribution is 7.13. The number of benzene rings is 2. The Morgan fingerprint density at radius 2 is 2.00 bits per heavy atom. The first-order chi connectivity index (χ1) is 13.8. The Balaban J connectivity index is 1.32. The van der Waals surface area contributed by atoms with Crippen molar-refractivity contribution in [3.8, 4) is 22.1 Å². The molecule has 0 unspecified atom stereocenters. The van der Waals surface area contributed by atoms with Gasteiger partial charge in [0.2, 0.25) is 6.79 Å². The van der Waals surface area contributed by atoms with Crippen LogP contribution in [-0.2, 0) is 6.54 Å². The van der Waals surface area contributed by atoms with Crippen molar-refractivity contribution in [2.24, 2.45) is 0 Å². The first-order valence-corrected chi connectivity index (χ1v) is 9.62. The molecule has 138 valence electrons. The van der Waals surface area contributed by atoms with Gasteiger partial charge in [-0.2, -0.15) is 0 Å². The number of nitrogens with zero attached hydrogens (tertiary/aromatic N) is 2. The van der Waals surface area contributed by atoms with E-state index in [1.807, 2.05) is 48.5 Å². The second kappa shape index (κ2) is 6.94. The Morgan fingerprint density at radius 1 is 1.11 bits per heavy atom. The van der Waals surface area contributed by atoms with Crippen LogP contribution in [0.5, 0.6) is 11.5 Å². The van der Waals surface area contributed by atoms with Crippen LogP contribution in [-0.4, -0.2) is 22.7 Å². The van der Waals surface area contributed by atoms with Gasteiger partial charge in [0, 0.05) is 29.1 Å².